The maximum atomic E-state index is 13.7. The maximum absolute atomic E-state index is 13.7. The molecule has 2 atom stereocenters. The number of carbonyl (C=O) groups is 4. The van der Waals surface area contributed by atoms with Gasteiger partial charge in [-0.1, -0.05) is 11.8 Å². The molecule has 270 valence electrons. The fourth-order valence-electron chi connectivity index (χ4n) is 6.13. The molecule has 2 saturated heterocycles. The number of pyridine rings is 1. The molecule has 2 aliphatic rings. The summed E-state index contributed by atoms with van der Waals surface area (Å²) in [6.45, 7) is 13.1. The van der Waals surface area contributed by atoms with Gasteiger partial charge in [-0.15, -0.1) is 0 Å². The molecule has 1 aromatic heterocycles. The van der Waals surface area contributed by atoms with Crippen molar-refractivity contribution in [3.05, 3.63) is 59.4 Å². The van der Waals surface area contributed by atoms with Gasteiger partial charge in [0.25, 0.3) is 0 Å². The minimum absolute atomic E-state index is 0.0338. The maximum Gasteiger partial charge on any atom is 0.410 e. The van der Waals surface area contributed by atoms with Crippen LogP contribution in [0.2, 0.25) is 0 Å². The number of esters is 1. The molecular formula is C39H52N4O7. The van der Waals surface area contributed by atoms with Gasteiger partial charge in [0.2, 0.25) is 11.8 Å². The number of benzene rings is 1. The molecule has 2 fully saturated rings. The van der Waals surface area contributed by atoms with Crippen molar-refractivity contribution < 1.29 is 33.8 Å². The predicted molar refractivity (Wildman–Crippen MR) is 189 cm³/mol. The summed E-state index contributed by atoms with van der Waals surface area (Å²) in [6.07, 6.45) is 6.97. The van der Waals surface area contributed by atoms with E-state index in [1.807, 2.05) is 20.8 Å². The second kappa shape index (κ2) is 16.9. The summed E-state index contributed by atoms with van der Waals surface area (Å²) in [7, 11) is 0. The first kappa shape index (κ1) is 38.2. The summed E-state index contributed by atoms with van der Waals surface area (Å²) in [5.41, 5.74) is 0.704. The van der Waals surface area contributed by atoms with Gasteiger partial charge in [-0.05, 0) is 115 Å². The Labute approximate surface area is 296 Å². The molecule has 2 N–H and O–H groups in total. The molecule has 1 aromatic carbocycles. The summed E-state index contributed by atoms with van der Waals surface area (Å²) in [5, 5.41) is 12.6. The van der Waals surface area contributed by atoms with Crippen LogP contribution in [0.25, 0.3) is 0 Å². The number of phenolic OH excluding ortho intramolecular Hbond substituents is 1. The Morgan fingerprint density at radius 2 is 1.56 bits per heavy atom. The van der Waals surface area contributed by atoms with Crippen molar-refractivity contribution in [2.24, 2.45) is 11.8 Å². The van der Waals surface area contributed by atoms with E-state index in [0.29, 0.717) is 68.0 Å². The highest BCUT2D eigenvalue weighted by Gasteiger charge is 2.32. The Hall–Kier alpha value is -4.59. The van der Waals surface area contributed by atoms with E-state index in [9.17, 15) is 24.3 Å². The van der Waals surface area contributed by atoms with Crippen LogP contribution in [0, 0.1) is 23.7 Å². The quantitative estimate of drug-likeness (QED) is 0.265. The topological polar surface area (TPSA) is 138 Å². The molecule has 0 bridgehead atoms. The summed E-state index contributed by atoms with van der Waals surface area (Å²) in [5.74, 6) is 5.53. The lowest BCUT2D eigenvalue weighted by Crippen LogP contribution is -2.46. The highest BCUT2D eigenvalue weighted by molar-refractivity contribution is 5.82. The number of amides is 3. The standard InChI is InChI=1S/C39H52N4O7/c1-38(2,3)49-35(46)23-33(31-22-29(24-40-25-31)10-9-27-11-14-32(44)15-12-27)41-36(47)30-8-7-19-43(26-30)34(45)16-13-28-17-20-42(21-18-28)37(48)50-39(4,5)6/h11-12,14-15,22,24-25,28,30,33,44H,7-8,13,16-21,23,26H2,1-6H3,(H,41,47)/t30-,33-/m1/s1. The van der Waals surface area contributed by atoms with Crippen molar-refractivity contribution in [3.63, 3.8) is 0 Å². The number of hydrogen-bond donors (Lipinski definition) is 2. The zero-order chi connectivity index (χ0) is 36.5. The molecule has 2 aromatic rings. The lowest BCUT2D eigenvalue weighted by Gasteiger charge is -2.35. The highest BCUT2D eigenvalue weighted by Crippen LogP contribution is 2.26. The number of likely N-dealkylation sites (tertiary alicyclic amines) is 2. The molecule has 3 amide bonds. The van der Waals surface area contributed by atoms with Gasteiger partial charge in [-0.25, -0.2) is 4.79 Å². The van der Waals surface area contributed by atoms with E-state index in [-0.39, 0.29) is 30.1 Å². The largest absolute Gasteiger partial charge is 0.508 e. The van der Waals surface area contributed by atoms with Crippen LogP contribution >= 0.6 is 0 Å². The lowest BCUT2D eigenvalue weighted by atomic mass is 9.91. The number of rotatable bonds is 8. The number of aromatic hydroxyl groups is 1. The number of nitrogens with one attached hydrogen (secondary N) is 1. The van der Waals surface area contributed by atoms with Crippen LogP contribution in [-0.2, 0) is 23.9 Å². The lowest BCUT2D eigenvalue weighted by molar-refractivity contribution is -0.155. The number of nitrogens with zero attached hydrogens (tertiary/aromatic N) is 3. The SMILES string of the molecule is CC(C)(C)OC(=O)C[C@@H](NC(=O)[C@@H]1CCCN(C(=O)CCC2CCN(C(=O)OC(C)(C)C)CC2)C1)c1cncc(C#Cc2ccc(O)cc2)c1. The summed E-state index contributed by atoms with van der Waals surface area (Å²) in [6, 6.07) is 7.62. The molecule has 11 heteroatoms. The van der Waals surface area contributed by atoms with Crippen molar-refractivity contribution in [1.82, 2.24) is 20.1 Å². The summed E-state index contributed by atoms with van der Waals surface area (Å²) >= 11 is 0. The fourth-order valence-corrected chi connectivity index (χ4v) is 6.13. The van der Waals surface area contributed by atoms with E-state index in [2.05, 4.69) is 22.1 Å². The second-order valence-corrected chi connectivity index (χ2v) is 15.3. The van der Waals surface area contributed by atoms with Crippen LogP contribution in [-0.4, -0.2) is 81.1 Å². The number of hydrogen-bond acceptors (Lipinski definition) is 8. The van der Waals surface area contributed by atoms with Crippen molar-refractivity contribution >= 4 is 23.9 Å². The normalized spacial score (nSPS) is 17.6. The smallest absolute Gasteiger partial charge is 0.410 e. The fraction of sp³-hybridized carbons (Fsp3) is 0.564. The van der Waals surface area contributed by atoms with Gasteiger partial charge in [0.05, 0.1) is 18.4 Å². The molecule has 0 spiro atoms. The predicted octanol–water partition coefficient (Wildman–Crippen LogP) is 5.74. The minimum atomic E-state index is -0.710. The van der Waals surface area contributed by atoms with Gasteiger partial charge in [0.1, 0.15) is 17.0 Å². The third-order valence-corrected chi connectivity index (χ3v) is 8.67. The Morgan fingerprint density at radius 3 is 2.22 bits per heavy atom. The molecule has 11 nitrogen and oxygen atoms in total. The van der Waals surface area contributed by atoms with Gasteiger partial charge >= 0.3 is 12.1 Å². The second-order valence-electron chi connectivity index (χ2n) is 15.3. The molecule has 0 aliphatic carbocycles. The van der Waals surface area contributed by atoms with Gasteiger partial charge in [-0.3, -0.25) is 19.4 Å². The van der Waals surface area contributed by atoms with Gasteiger partial charge in [-0.2, -0.15) is 0 Å². The average Bonchev–Trinajstić information content (AvgIpc) is 3.05. The first-order chi connectivity index (χ1) is 23.5. The van der Waals surface area contributed by atoms with Crippen LogP contribution in [0.15, 0.2) is 42.7 Å². The number of ether oxygens (including phenoxy) is 2. The van der Waals surface area contributed by atoms with Gasteiger partial charge < -0.3 is 29.7 Å². The van der Waals surface area contributed by atoms with Crippen molar-refractivity contribution in [1.29, 1.82) is 0 Å². The first-order valence-corrected chi connectivity index (χ1v) is 17.6. The van der Waals surface area contributed by atoms with E-state index >= 15 is 0 Å². The van der Waals surface area contributed by atoms with E-state index in [1.54, 1.807) is 73.3 Å². The van der Waals surface area contributed by atoms with E-state index in [1.165, 1.54) is 0 Å². The third-order valence-electron chi connectivity index (χ3n) is 8.67. The molecule has 50 heavy (non-hydrogen) atoms. The zero-order valence-corrected chi connectivity index (χ0v) is 30.3. The minimum Gasteiger partial charge on any atom is -0.508 e. The molecule has 0 radical (unpaired) electrons. The molecule has 4 rings (SSSR count). The summed E-state index contributed by atoms with van der Waals surface area (Å²) < 4.78 is 11.1. The first-order valence-electron chi connectivity index (χ1n) is 17.6. The Kier molecular flexibility index (Phi) is 12.9. The molecule has 2 aliphatic heterocycles. The molecule has 0 unspecified atom stereocenters. The number of carbonyl (C=O) groups excluding carboxylic acids is 4. The van der Waals surface area contributed by atoms with Crippen LogP contribution in [0.1, 0.15) is 109 Å². The van der Waals surface area contributed by atoms with Gasteiger partial charge in [0, 0.05) is 56.1 Å². The third kappa shape index (κ3) is 12.4. The van der Waals surface area contributed by atoms with Crippen molar-refractivity contribution in [2.45, 2.75) is 104 Å². The number of piperidine rings is 2. The molecular weight excluding hydrogens is 636 g/mol. The van der Waals surface area contributed by atoms with E-state index in [4.69, 9.17) is 9.47 Å². The van der Waals surface area contributed by atoms with Crippen LogP contribution in [0.5, 0.6) is 5.75 Å². The summed E-state index contributed by atoms with van der Waals surface area (Å²) in [4.78, 5) is 60.2. The van der Waals surface area contributed by atoms with Crippen LogP contribution in [0.4, 0.5) is 4.79 Å². The van der Waals surface area contributed by atoms with E-state index < -0.39 is 29.1 Å². The Balaban J connectivity index is 1.36. The average molecular weight is 689 g/mol. The van der Waals surface area contributed by atoms with Crippen LogP contribution < -0.4 is 5.32 Å². The van der Waals surface area contributed by atoms with Crippen molar-refractivity contribution in [3.8, 4) is 17.6 Å². The highest BCUT2D eigenvalue weighted by atomic mass is 16.6. The Bertz CT molecular complexity index is 1560. The number of phenols is 1. The van der Waals surface area contributed by atoms with Crippen LogP contribution in [0.3, 0.4) is 0 Å². The Morgan fingerprint density at radius 1 is 0.900 bits per heavy atom. The molecule has 0 saturated carbocycles. The van der Waals surface area contributed by atoms with Gasteiger partial charge in [0.15, 0.2) is 0 Å². The number of aromatic nitrogens is 1. The van der Waals surface area contributed by atoms with Crippen molar-refractivity contribution in [2.75, 3.05) is 26.2 Å². The monoisotopic (exact) mass is 688 g/mol. The zero-order valence-electron chi connectivity index (χ0n) is 30.3. The molecule has 3 heterocycles. The van der Waals surface area contributed by atoms with E-state index in [0.717, 1.165) is 19.3 Å².